The third-order valence-corrected chi connectivity index (χ3v) is 2.48. The molecular weight excluding hydrogens is 187 g/mol. The Bertz CT molecular complexity index is 506. The van der Waals surface area contributed by atoms with Crippen LogP contribution in [0, 0.1) is 0 Å². The summed E-state index contributed by atoms with van der Waals surface area (Å²) >= 11 is 0. The second kappa shape index (κ2) is 3.89. The van der Waals surface area contributed by atoms with Crippen LogP contribution in [0.4, 0.5) is 0 Å². The molecule has 0 amide bonds. The van der Waals surface area contributed by atoms with Crippen LogP contribution in [-0.2, 0) is 0 Å². The highest BCUT2D eigenvalue weighted by Gasteiger charge is 2.17. The Morgan fingerprint density at radius 2 is 1.80 bits per heavy atom. The van der Waals surface area contributed by atoms with E-state index in [2.05, 4.69) is 6.58 Å². The fraction of sp³-hybridized carbons (Fsp3) is 0. The van der Waals surface area contributed by atoms with E-state index in [1.165, 1.54) is 0 Å². The van der Waals surface area contributed by atoms with Gasteiger partial charge in [-0.25, -0.2) is 0 Å². The first-order valence-corrected chi connectivity index (χ1v) is 4.74. The molecule has 0 unspecified atom stereocenters. The van der Waals surface area contributed by atoms with Crippen molar-refractivity contribution in [2.45, 2.75) is 0 Å². The molecule has 0 saturated heterocycles. The Morgan fingerprint density at radius 1 is 1.07 bits per heavy atom. The van der Waals surface area contributed by atoms with Crippen LogP contribution in [0.5, 0.6) is 0 Å². The minimum atomic E-state index is -1.47. The van der Waals surface area contributed by atoms with Crippen LogP contribution in [0.2, 0.25) is 0 Å². The molecule has 74 valence electrons. The summed E-state index contributed by atoms with van der Waals surface area (Å²) in [7, 11) is -1.47. The van der Waals surface area contributed by atoms with Gasteiger partial charge in [-0.05, 0) is 21.8 Å². The zero-order valence-corrected chi connectivity index (χ0v) is 8.22. The quantitative estimate of drug-likeness (QED) is 0.711. The maximum Gasteiger partial charge on any atom is 0.489 e. The summed E-state index contributed by atoms with van der Waals surface area (Å²) in [6.45, 7) is 3.66. The van der Waals surface area contributed by atoms with Crippen molar-refractivity contribution in [3.8, 4) is 0 Å². The van der Waals surface area contributed by atoms with Gasteiger partial charge in [0.2, 0.25) is 0 Å². The fourth-order valence-corrected chi connectivity index (χ4v) is 1.78. The van der Waals surface area contributed by atoms with Gasteiger partial charge in [-0.3, -0.25) is 0 Å². The molecule has 0 aliphatic rings. The predicted octanol–water partition coefficient (Wildman–Crippen LogP) is 1.16. The molecule has 0 aliphatic carbocycles. The van der Waals surface area contributed by atoms with Gasteiger partial charge in [-0.1, -0.05) is 49.1 Å². The SMILES string of the molecule is C=Cc1ccc2ccccc2c1B(O)O. The van der Waals surface area contributed by atoms with Crippen molar-refractivity contribution in [2.24, 2.45) is 0 Å². The Morgan fingerprint density at radius 3 is 2.47 bits per heavy atom. The second-order valence-corrected chi connectivity index (χ2v) is 3.37. The molecule has 0 aliphatic heterocycles. The topological polar surface area (TPSA) is 40.5 Å². The van der Waals surface area contributed by atoms with Crippen LogP contribution in [-0.4, -0.2) is 17.2 Å². The van der Waals surface area contributed by atoms with Gasteiger partial charge in [-0.15, -0.1) is 0 Å². The van der Waals surface area contributed by atoms with Gasteiger partial charge >= 0.3 is 7.12 Å². The van der Waals surface area contributed by atoms with E-state index in [0.717, 1.165) is 16.3 Å². The molecule has 0 saturated carbocycles. The van der Waals surface area contributed by atoms with Crippen LogP contribution >= 0.6 is 0 Å². The van der Waals surface area contributed by atoms with E-state index < -0.39 is 7.12 Å². The van der Waals surface area contributed by atoms with E-state index in [0.29, 0.717) is 5.46 Å². The van der Waals surface area contributed by atoms with E-state index in [9.17, 15) is 10.0 Å². The molecule has 15 heavy (non-hydrogen) atoms. The van der Waals surface area contributed by atoms with E-state index in [-0.39, 0.29) is 0 Å². The van der Waals surface area contributed by atoms with Crippen LogP contribution < -0.4 is 5.46 Å². The van der Waals surface area contributed by atoms with Crippen molar-refractivity contribution in [1.82, 2.24) is 0 Å². The lowest BCUT2D eigenvalue weighted by Gasteiger charge is -2.09. The molecular formula is C12H11BO2. The highest BCUT2D eigenvalue weighted by molar-refractivity contribution is 6.63. The van der Waals surface area contributed by atoms with Crippen molar-refractivity contribution < 1.29 is 10.0 Å². The van der Waals surface area contributed by atoms with Gasteiger partial charge in [-0.2, -0.15) is 0 Å². The van der Waals surface area contributed by atoms with Crippen molar-refractivity contribution in [3.05, 3.63) is 48.5 Å². The molecule has 3 heteroatoms. The van der Waals surface area contributed by atoms with Crippen molar-refractivity contribution >= 4 is 29.4 Å². The normalized spacial score (nSPS) is 10.3. The van der Waals surface area contributed by atoms with Gasteiger partial charge in [0.05, 0.1) is 0 Å². The first kappa shape index (κ1) is 9.96. The Hall–Kier alpha value is -1.58. The van der Waals surface area contributed by atoms with Gasteiger partial charge in [0.25, 0.3) is 0 Å². The highest BCUT2D eigenvalue weighted by Crippen LogP contribution is 2.14. The molecule has 0 bridgehead atoms. The van der Waals surface area contributed by atoms with Gasteiger partial charge in [0.1, 0.15) is 0 Å². The minimum absolute atomic E-state index is 0.517. The third kappa shape index (κ3) is 1.67. The van der Waals surface area contributed by atoms with Crippen molar-refractivity contribution in [2.75, 3.05) is 0 Å². The molecule has 2 aromatic rings. The van der Waals surface area contributed by atoms with E-state index in [1.807, 2.05) is 36.4 Å². The molecule has 0 aromatic heterocycles. The lowest BCUT2D eigenvalue weighted by atomic mass is 9.74. The Kier molecular flexibility index (Phi) is 2.58. The highest BCUT2D eigenvalue weighted by atomic mass is 16.4. The summed E-state index contributed by atoms with van der Waals surface area (Å²) in [5.74, 6) is 0. The summed E-state index contributed by atoms with van der Waals surface area (Å²) in [6.07, 6.45) is 1.63. The molecule has 0 atom stereocenters. The summed E-state index contributed by atoms with van der Waals surface area (Å²) in [5, 5.41) is 20.5. The standard InChI is InChI=1S/C12H11BO2/c1-2-9-7-8-10-5-3-4-6-11(10)12(9)13(14)15/h2-8,14-15H,1H2. The monoisotopic (exact) mass is 198 g/mol. The Balaban J connectivity index is 2.84. The maximum absolute atomic E-state index is 9.34. The Labute approximate surface area is 88.6 Å². The summed E-state index contributed by atoms with van der Waals surface area (Å²) < 4.78 is 0. The number of hydrogen-bond donors (Lipinski definition) is 2. The molecule has 0 radical (unpaired) electrons. The maximum atomic E-state index is 9.34. The van der Waals surface area contributed by atoms with Crippen LogP contribution in [0.15, 0.2) is 43.0 Å². The first-order chi connectivity index (χ1) is 7.24. The third-order valence-electron chi connectivity index (χ3n) is 2.48. The lowest BCUT2D eigenvalue weighted by molar-refractivity contribution is 0.426. The zero-order valence-electron chi connectivity index (χ0n) is 8.22. The number of rotatable bonds is 2. The van der Waals surface area contributed by atoms with E-state index >= 15 is 0 Å². The van der Waals surface area contributed by atoms with E-state index in [4.69, 9.17) is 0 Å². The zero-order chi connectivity index (χ0) is 10.8. The fourth-order valence-electron chi connectivity index (χ4n) is 1.78. The van der Waals surface area contributed by atoms with E-state index in [1.54, 1.807) is 6.08 Å². The summed E-state index contributed by atoms with van der Waals surface area (Å²) in [6, 6.07) is 11.4. The first-order valence-electron chi connectivity index (χ1n) is 4.74. The molecule has 2 nitrogen and oxygen atoms in total. The van der Waals surface area contributed by atoms with Gasteiger partial charge in [0.15, 0.2) is 0 Å². The largest absolute Gasteiger partial charge is 0.489 e. The molecule has 2 rings (SSSR count). The number of benzene rings is 2. The summed E-state index contributed by atoms with van der Waals surface area (Å²) in [4.78, 5) is 0. The van der Waals surface area contributed by atoms with Gasteiger partial charge < -0.3 is 10.0 Å². The molecule has 2 aromatic carbocycles. The van der Waals surface area contributed by atoms with Gasteiger partial charge in [0, 0.05) is 0 Å². The van der Waals surface area contributed by atoms with Crippen molar-refractivity contribution in [3.63, 3.8) is 0 Å². The number of fused-ring (bicyclic) bond motifs is 1. The minimum Gasteiger partial charge on any atom is -0.423 e. The van der Waals surface area contributed by atoms with Crippen LogP contribution in [0.3, 0.4) is 0 Å². The average molecular weight is 198 g/mol. The summed E-state index contributed by atoms with van der Waals surface area (Å²) in [5.41, 5.74) is 1.27. The predicted molar refractivity (Wildman–Crippen MR) is 63.9 cm³/mol. The lowest BCUT2D eigenvalue weighted by Crippen LogP contribution is -2.32. The number of hydrogen-bond acceptors (Lipinski definition) is 2. The molecule has 2 N–H and O–H groups in total. The average Bonchev–Trinajstić information content (AvgIpc) is 2.27. The van der Waals surface area contributed by atoms with Crippen LogP contribution in [0.1, 0.15) is 5.56 Å². The molecule has 0 fully saturated rings. The molecule has 0 spiro atoms. The second-order valence-electron chi connectivity index (χ2n) is 3.37. The molecule has 0 heterocycles. The van der Waals surface area contributed by atoms with Crippen LogP contribution in [0.25, 0.3) is 16.8 Å². The van der Waals surface area contributed by atoms with Crippen molar-refractivity contribution in [1.29, 1.82) is 0 Å². The smallest absolute Gasteiger partial charge is 0.423 e.